The van der Waals surface area contributed by atoms with Crippen LogP contribution in [-0.4, -0.2) is 11.1 Å². The summed E-state index contributed by atoms with van der Waals surface area (Å²) in [5.74, 6) is 0.812. The normalized spacial score (nSPS) is 15.9. The Morgan fingerprint density at radius 2 is 1.62 bits per heavy atom. The minimum Gasteiger partial charge on any atom is -0.392 e. The first-order chi connectivity index (χ1) is 10.4. The fourth-order valence-corrected chi connectivity index (χ4v) is 2.90. The molecule has 0 radical (unpaired) electrons. The van der Waals surface area contributed by atoms with Gasteiger partial charge in [-0.25, -0.2) is 0 Å². The predicted octanol–water partition coefficient (Wildman–Crippen LogP) is 3.29. The summed E-state index contributed by atoms with van der Waals surface area (Å²) in [6.07, 6.45) is 3.77. The molecule has 1 aliphatic carbocycles. The molecule has 2 nitrogen and oxygen atoms in total. The van der Waals surface area contributed by atoms with Gasteiger partial charge >= 0.3 is 0 Å². The van der Waals surface area contributed by atoms with Crippen LogP contribution in [0, 0.1) is 5.92 Å². The van der Waals surface area contributed by atoms with E-state index < -0.39 is 0 Å². The molecule has 0 bridgehead atoms. The molecule has 3 rings (SSSR count). The largest absolute Gasteiger partial charge is 0.392 e. The topological polar surface area (TPSA) is 32.3 Å². The molecule has 0 saturated heterocycles. The second-order valence-electron chi connectivity index (χ2n) is 5.94. The lowest BCUT2D eigenvalue weighted by Crippen LogP contribution is -2.33. The van der Waals surface area contributed by atoms with Gasteiger partial charge in [0.15, 0.2) is 0 Å². The molecule has 1 atom stereocenters. The highest BCUT2D eigenvalue weighted by Gasteiger charge is 2.30. The molecule has 2 aromatic carbocycles. The van der Waals surface area contributed by atoms with Gasteiger partial charge in [-0.15, -0.1) is 0 Å². The summed E-state index contributed by atoms with van der Waals surface area (Å²) in [5.41, 5.74) is 3.63. The van der Waals surface area contributed by atoms with Crippen LogP contribution in [0.3, 0.4) is 0 Å². The van der Waals surface area contributed by atoms with Crippen molar-refractivity contribution in [3.63, 3.8) is 0 Å². The smallest absolute Gasteiger partial charge is 0.0685 e. The van der Waals surface area contributed by atoms with Crippen molar-refractivity contribution in [1.29, 1.82) is 0 Å². The van der Waals surface area contributed by atoms with Crippen molar-refractivity contribution < 1.29 is 5.11 Å². The Balaban J connectivity index is 1.63. The molecular weight excluding hydrogens is 258 g/mol. The first-order valence-corrected chi connectivity index (χ1v) is 7.82. The van der Waals surface area contributed by atoms with Crippen molar-refractivity contribution in [3.8, 4) is 0 Å². The fraction of sp³-hybridized carbons (Fsp3) is 0.368. The quantitative estimate of drug-likeness (QED) is 0.816. The Bertz CT molecular complexity index is 563. The minimum absolute atomic E-state index is 0.116. The average molecular weight is 281 g/mol. The second-order valence-corrected chi connectivity index (χ2v) is 5.94. The molecule has 110 valence electrons. The molecule has 0 spiro atoms. The van der Waals surface area contributed by atoms with Crippen LogP contribution in [0.5, 0.6) is 0 Å². The molecule has 0 heterocycles. The van der Waals surface area contributed by atoms with E-state index in [1.165, 1.54) is 24.0 Å². The lowest BCUT2D eigenvalue weighted by Gasteiger charge is -2.19. The van der Waals surface area contributed by atoms with Crippen molar-refractivity contribution in [3.05, 3.63) is 71.3 Å². The van der Waals surface area contributed by atoms with Crippen molar-refractivity contribution in [2.24, 2.45) is 5.92 Å². The van der Waals surface area contributed by atoms with Gasteiger partial charge in [0, 0.05) is 12.6 Å². The van der Waals surface area contributed by atoms with E-state index in [1.54, 1.807) is 0 Å². The number of benzene rings is 2. The summed E-state index contributed by atoms with van der Waals surface area (Å²) in [4.78, 5) is 0. The first-order valence-electron chi connectivity index (χ1n) is 7.82. The third kappa shape index (κ3) is 3.93. The van der Waals surface area contributed by atoms with Crippen molar-refractivity contribution >= 4 is 0 Å². The fourth-order valence-electron chi connectivity index (χ4n) is 2.90. The molecular formula is C19H23NO. The zero-order valence-electron chi connectivity index (χ0n) is 12.3. The molecule has 0 aromatic heterocycles. The van der Waals surface area contributed by atoms with Crippen molar-refractivity contribution in [1.82, 2.24) is 5.32 Å². The molecule has 1 fully saturated rings. The van der Waals surface area contributed by atoms with Gasteiger partial charge in [-0.3, -0.25) is 0 Å². The van der Waals surface area contributed by atoms with E-state index in [2.05, 4.69) is 41.7 Å². The van der Waals surface area contributed by atoms with E-state index in [0.717, 1.165) is 24.4 Å². The summed E-state index contributed by atoms with van der Waals surface area (Å²) in [6.45, 7) is 0.954. The van der Waals surface area contributed by atoms with Crippen LogP contribution in [0.15, 0.2) is 54.6 Å². The van der Waals surface area contributed by atoms with E-state index in [-0.39, 0.29) is 6.61 Å². The second kappa shape index (κ2) is 6.88. The number of hydrogen-bond donors (Lipinski definition) is 2. The van der Waals surface area contributed by atoms with Gasteiger partial charge in [-0.2, -0.15) is 0 Å². The number of aliphatic hydroxyl groups excluding tert-OH is 1. The van der Waals surface area contributed by atoms with Crippen LogP contribution >= 0.6 is 0 Å². The number of rotatable bonds is 7. The average Bonchev–Trinajstić information content (AvgIpc) is 3.37. The summed E-state index contributed by atoms with van der Waals surface area (Å²) < 4.78 is 0. The van der Waals surface area contributed by atoms with Crippen LogP contribution in [0.4, 0.5) is 0 Å². The van der Waals surface area contributed by atoms with E-state index in [9.17, 15) is 5.11 Å². The van der Waals surface area contributed by atoms with E-state index in [4.69, 9.17) is 0 Å². The van der Waals surface area contributed by atoms with Crippen LogP contribution in [0.1, 0.15) is 29.5 Å². The molecule has 1 unspecified atom stereocenters. The number of hydrogen-bond acceptors (Lipinski definition) is 2. The van der Waals surface area contributed by atoms with Crippen LogP contribution in [-0.2, 0) is 19.6 Å². The molecule has 1 saturated carbocycles. The highest BCUT2D eigenvalue weighted by atomic mass is 16.3. The molecule has 1 aliphatic rings. The minimum atomic E-state index is 0.116. The maximum atomic E-state index is 9.41. The Kier molecular flexibility index (Phi) is 4.69. The van der Waals surface area contributed by atoms with Gasteiger partial charge in [0.1, 0.15) is 0 Å². The summed E-state index contributed by atoms with van der Waals surface area (Å²) in [7, 11) is 0. The molecule has 0 amide bonds. The highest BCUT2D eigenvalue weighted by molar-refractivity contribution is 5.26. The molecule has 2 N–H and O–H groups in total. The van der Waals surface area contributed by atoms with Gasteiger partial charge in [-0.1, -0.05) is 54.6 Å². The lowest BCUT2D eigenvalue weighted by molar-refractivity contribution is 0.280. The standard InChI is InChI=1S/C19H23NO/c21-14-18-9-5-4-8-17(18)13-20-19(16-10-11-16)12-15-6-2-1-3-7-15/h1-9,16,19-21H,10-14H2. The summed E-state index contributed by atoms with van der Waals surface area (Å²) >= 11 is 0. The summed E-state index contributed by atoms with van der Waals surface area (Å²) in [5, 5.41) is 13.1. The zero-order valence-corrected chi connectivity index (χ0v) is 12.3. The Hall–Kier alpha value is -1.64. The van der Waals surface area contributed by atoms with Crippen LogP contribution in [0.2, 0.25) is 0 Å². The molecule has 2 heteroatoms. The highest BCUT2D eigenvalue weighted by Crippen LogP contribution is 2.34. The number of nitrogens with one attached hydrogen (secondary N) is 1. The van der Waals surface area contributed by atoms with Gasteiger partial charge in [0.05, 0.1) is 6.61 Å². The monoisotopic (exact) mass is 281 g/mol. The SMILES string of the molecule is OCc1ccccc1CNC(Cc1ccccc1)C1CC1. The van der Waals surface area contributed by atoms with E-state index in [0.29, 0.717) is 6.04 Å². The molecule has 2 aromatic rings. The Morgan fingerprint density at radius 3 is 2.29 bits per heavy atom. The summed E-state index contributed by atoms with van der Waals surface area (Å²) in [6, 6.07) is 19.4. The van der Waals surface area contributed by atoms with Crippen LogP contribution < -0.4 is 5.32 Å². The van der Waals surface area contributed by atoms with Gasteiger partial charge < -0.3 is 10.4 Å². The maximum Gasteiger partial charge on any atom is 0.0685 e. The van der Waals surface area contributed by atoms with Gasteiger partial charge in [0.25, 0.3) is 0 Å². The van der Waals surface area contributed by atoms with Crippen LogP contribution in [0.25, 0.3) is 0 Å². The third-order valence-electron chi connectivity index (χ3n) is 4.33. The Labute approximate surface area is 126 Å². The lowest BCUT2D eigenvalue weighted by atomic mass is 10.0. The molecule has 21 heavy (non-hydrogen) atoms. The Morgan fingerprint density at radius 1 is 0.952 bits per heavy atom. The molecule has 0 aliphatic heterocycles. The van der Waals surface area contributed by atoms with Gasteiger partial charge in [0.2, 0.25) is 0 Å². The van der Waals surface area contributed by atoms with Crippen molar-refractivity contribution in [2.45, 2.75) is 38.5 Å². The third-order valence-corrected chi connectivity index (χ3v) is 4.33. The van der Waals surface area contributed by atoms with E-state index >= 15 is 0 Å². The van der Waals surface area contributed by atoms with Gasteiger partial charge in [-0.05, 0) is 41.9 Å². The maximum absolute atomic E-state index is 9.41. The first kappa shape index (κ1) is 14.3. The zero-order chi connectivity index (χ0) is 14.5. The van der Waals surface area contributed by atoms with E-state index in [1.807, 2.05) is 18.2 Å². The number of aliphatic hydroxyl groups is 1. The van der Waals surface area contributed by atoms with Crippen molar-refractivity contribution in [2.75, 3.05) is 0 Å². The predicted molar refractivity (Wildman–Crippen MR) is 85.9 cm³/mol.